The van der Waals surface area contributed by atoms with Gasteiger partial charge in [-0.2, -0.15) is 13.2 Å². The minimum Gasteiger partial charge on any atom is -0.385 e. The minimum absolute atomic E-state index is 0.234. The minimum atomic E-state index is -4.55. The molecule has 2 aromatic rings. The van der Waals surface area contributed by atoms with Crippen LogP contribution in [0.15, 0.2) is 48.8 Å². The number of aliphatic hydroxyl groups is 1. The SMILES string of the molecule is O=C(Nc1ccccc1C(F)(F)F)N1C2CCC1CC(O)(c1cccnc1)C2. The lowest BCUT2D eigenvalue weighted by Gasteiger charge is -2.43. The smallest absolute Gasteiger partial charge is 0.385 e. The molecule has 5 nitrogen and oxygen atoms in total. The number of pyridine rings is 1. The second kappa shape index (κ2) is 6.77. The summed E-state index contributed by atoms with van der Waals surface area (Å²) in [4.78, 5) is 18.5. The predicted octanol–water partition coefficient (Wildman–Crippen LogP) is 4.15. The summed E-state index contributed by atoms with van der Waals surface area (Å²) in [6.45, 7) is 0. The predicted molar refractivity (Wildman–Crippen MR) is 96.5 cm³/mol. The number of carbonyl (C=O) groups excluding carboxylic acids is 1. The fourth-order valence-corrected chi connectivity index (χ4v) is 4.45. The first kappa shape index (κ1) is 18.7. The van der Waals surface area contributed by atoms with E-state index in [1.54, 1.807) is 23.4 Å². The topological polar surface area (TPSA) is 65.5 Å². The summed E-state index contributed by atoms with van der Waals surface area (Å²) < 4.78 is 39.6. The number of urea groups is 1. The molecule has 1 aromatic heterocycles. The molecule has 28 heavy (non-hydrogen) atoms. The van der Waals surface area contributed by atoms with E-state index in [1.807, 2.05) is 6.07 Å². The van der Waals surface area contributed by atoms with Crippen LogP contribution in [-0.4, -0.2) is 33.1 Å². The van der Waals surface area contributed by atoms with E-state index in [0.717, 1.165) is 6.07 Å². The van der Waals surface area contributed by atoms with Gasteiger partial charge in [0.15, 0.2) is 0 Å². The van der Waals surface area contributed by atoms with Gasteiger partial charge in [-0.05, 0) is 31.0 Å². The summed E-state index contributed by atoms with van der Waals surface area (Å²) in [5, 5.41) is 13.5. The zero-order valence-electron chi connectivity index (χ0n) is 15.0. The summed E-state index contributed by atoms with van der Waals surface area (Å²) in [5.41, 5.74) is -1.51. The van der Waals surface area contributed by atoms with Crippen molar-refractivity contribution < 1.29 is 23.1 Å². The van der Waals surface area contributed by atoms with E-state index < -0.39 is 23.4 Å². The number of carbonyl (C=O) groups is 1. The number of aromatic nitrogens is 1. The molecule has 2 atom stereocenters. The van der Waals surface area contributed by atoms with Crippen LogP contribution in [0.3, 0.4) is 0 Å². The number of hydrogen-bond donors (Lipinski definition) is 2. The third kappa shape index (κ3) is 3.32. The van der Waals surface area contributed by atoms with E-state index in [0.29, 0.717) is 31.2 Å². The number of piperidine rings is 1. The second-order valence-electron chi connectivity index (χ2n) is 7.45. The van der Waals surface area contributed by atoms with Gasteiger partial charge in [0.25, 0.3) is 0 Å². The lowest BCUT2D eigenvalue weighted by atomic mass is 9.81. The monoisotopic (exact) mass is 391 g/mol. The van der Waals surface area contributed by atoms with Crippen molar-refractivity contribution in [1.29, 1.82) is 0 Å². The Bertz CT molecular complexity index is 858. The fraction of sp³-hybridized carbons (Fsp3) is 0.400. The van der Waals surface area contributed by atoms with Crippen LogP contribution in [0.5, 0.6) is 0 Å². The largest absolute Gasteiger partial charge is 0.418 e. The van der Waals surface area contributed by atoms with Gasteiger partial charge in [0.2, 0.25) is 0 Å². The maximum absolute atomic E-state index is 13.2. The highest BCUT2D eigenvalue weighted by Gasteiger charge is 2.50. The van der Waals surface area contributed by atoms with Gasteiger partial charge < -0.3 is 15.3 Å². The molecule has 148 valence electrons. The Morgan fingerprint density at radius 2 is 1.82 bits per heavy atom. The van der Waals surface area contributed by atoms with Crippen molar-refractivity contribution >= 4 is 11.7 Å². The van der Waals surface area contributed by atoms with Crippen molar-refractivity contribution in [3.8, 4) is 0 Å². The van der Waals surface area contributed by atoms with E-state index in [2.05, 4.69) is 10.3 Å². The van der Waals surface area contributed by atoms with Gasteiger partial charge in [-0.15, -0.1) is 0 Å². The van der Waals surface area contributed by atoms with E-state index >= 15 is 0 Å². The molecule has 0 aliphatic carbocycles. The summed E-state index contributed by atoms with van der Waals surface area (Å²) in [6, 6.07) is 7.47. The van der Waals surface area contributed by atoms with Crippen molar-refractivity contribution in [3.63, 3.8) is 0 Å². The van der Waals surface area contributed by atoms with Crippen LogP contribution in [0.1, 0.15) is 36.8 Å². The molecule has 2 aliphatic heterocycles. The summed E-state index contributed by atoms with van der Waals surface area (Å²) in [7, 11) is 0. The molecule has 1 aromatic carbocycles. The Morgan fingerprint density at radius 3 is 2.43 bits per heavy atom. The normalized spacial score (nSPS) is 26.9. The number of rotatable bonds is 2. The molecule has 3 heterocycles. The Morgan fingerprint density at radius 1 is 1.14 bits per heavy atom. The number of anilines is 1. The van der Waals surface area contributed by atoms with Gasteiger partial charge in [-0.1, -0.05) is 18.2 Å². The quantitative estimate of drug-likeness (QED) is 0.809. The maximum Gasteiger partial charge on any atom is 0.418 e. The van der Waals surface area contributed by atoms with Gasteiger partial charge in [-0.3, -0.25) is 4.98 Å². The molecule has 2 bridgehead atoms. The molecule has 2 unspecified atom stereocenters. The van der Waals surface area contributed by atoms with E-state index in [9.17, 15) is 23.1 Å². The molecule has 0 radical (unpaired) electrons. The van der Waals surface area contributed by atoms with Gasteiger partial charge in [0.1, 0.15) is 0 Å². The van der Waals surface area contributed by atoms with Crippen LogP contribution < -0.4 is 5.32 Å². The summed E-state index contributed by atoms with van der Waals surface area (Å²) in [6.07, 6.45) is 0.790. The van der Waals surface area contributed by atoms with Crippen LogP contribution in [0.2, 0.25) is 0 Å². The van der Waals surface area contributed by atoms with Crippen molar-refractivity contribution in [2.24, 2.45) is 0 Å². The number of alkyl halides is 3. The molecule has 2 fully saturated rings. The maximum atomic E-state index is 13.2. The molecule has 0 saturated carbocycles. The van der Waals surface area contributed by atoms with Gasteiger partial charge in [0.05, 0.1) is 16.9 Å². The first-order valence-electron chi connectivity index (χ1n) is 9.16. The van der Waals surface area contributed by atoms with Crippen LogP contribution >= 0.6 is 0 Å². The number of halogens is 3. The van der Waals surface area contributed by atoms with Crippen molar-refractivity contribution in [2.45, 2.75) is 49.5 Å². The molecule has 2 saturated heterocycles. The number of fused-ring (bicyclic) bond motifs is 2. The van der Waals surface area contributed by atoms with E-state index in [4.69, 9.17) is 0 Å². The number of amides is 2. The molecule has 4 rings (SSSR count). The number of benzene rings is 1. The molecule has 8 heteroatoms. The van der Waals surface area contributed by atoms with Crippen molar-refractivity contribution in [3.05, 3.63) is 59.9 Å². The third-order valence-electron chi connectivity index (χ3n) is 5.67. The lowest BCUT2D eigenvalue weighted by molar-refractivity contribution is -0.136. The zero-order chi connectivity index (χ0) is 19.9. The summed E-state index contributed by atoms with van der Waals surface area (Å²) in [5.74, 6) is 0. The Balaban J connectivity index is 1.54. The molecule has 2 N–H and O–H groups in total. The van der Waals surface area contributed by atoms with Gasteiger partial charge in [-0.25, -0.2) is 4.79 Å². The highest BCUT2D eigenvalue weighted by atomic mass is 19.4. The van der Waals surface area contributed by atoms with Crippen molar-refractivity contribution in [1.82, 2.24) is 9.88 Å². The Hall–Kier alpha value is -2.61. The van der Waals surface area contributed by atoms with Crippen LogP contribution in [-0.2, 0) is 11.8 Å². The highest BCUT2D eigenvalue weighted by Crippen LogP contribution is 2.46. The first-order chi connectivity index (χ1) is 13.3. The molecular formula is C20H20F3N3O2. The number of hydrogen-bond acceptors (Lipinski definition) is 3. The van der Waals surface area contributed by atoms with Crippen LogP contribution in [0.4, 0.5) is 23.7 Å². The number of nitrogens with zero attached hydrogens (tertiary/aromatic N) is 2. The average Bonchev–Trinajstić information content (AvgIpc) is 2.94. The Labute approximate surface area is 160 Å². The number of para-hydroxylation sites is 1. The van der Waals surface area contributed by atoms with Crippen molar-refractivity contribution in [2.75, 3.05) is 5.32 Å². The first-order valence-corrected chi connectivity index (χ1v) is 9.16. The molecule has 0 spiro atoms. The zero-order valence-corrected chi connectivity index (χ0v) is 15.0. The fourth-order valence-electron chi connectivity index (χ4n) is 4.45. The number of nitrogens with one attached hydrogen (secondary N) is 1. The second-order valence-corrected chi connectivity index (χ2v) is 7.45. The van der Waals surface area contributed by atoms with Crippen LogP contribution in [0, 0.1) is 0 Å². The molecular weight excluding hydrogens is 371 g/mol. The Kier molecular flexibility index (Phi) is 4.53. The van der Waals surface area contributed by atoms with E-state index in [-0.39, 0.29) is 17.8 Å². The molecule has 2 aliphatic rings. The average molecular weight is 391 g/mol. The third-order valence-corrected chi connectivity index (χ3v) is 5.67. The standard InChI is InChI=1S/C20H20F3N3O2/c21-20(22,23)16-5-1-2-6-17(16)25-18(27)26-14-7-8-15(26)11-19(28,10-14)13-4-3-9-24-12-13/h1-6,9,12,14-15,28H,7-8,10-11H2,(H,25,27). The van der Waals surface area contributed by atoms with E-state index in [1.165, 1.54) is 18.2 Å². The van der Waals surface area contributed by atoms with Gasteiger partial charge in [0, 0.05) is 42.9 Å². The highest BCUT2D eigenvalue weighted by molar-refractivity contribution is 5.91. The van der Waals surface area contributed by atoms with Crippen LogP contribution in [0.25, 0.3) is 0 Å². The lowest BCUT2D eigenvalue weighted by Crippen LogP contribution is -2.53. The molecule has 2 amide bonds. The summed E-state index contributed by atoms with van der Waals surface area (Å²) >= 11 is 0. The van der Waals surface area contributed by atoms with Gasteiger partial charge >= 0.3 is 12.2 Å².